The van der Waals surface area contributed by atoms with Gasteiger partial charge in [-0.05, 0) is 106 Å². The predicted molar refractivity (Wildman–Crippen MR) is 305 cm³/mol. The first-order valence-electron chi connectivity index (χ1n) is 25.2. The van der Waals surface area contributed by atoms with E-state index in [0.29, 0.717) is 0 Å². The van der Waals surface area contributed by atoms with E-state index in [1.165, 1.54) is 127 Å². The van der Waals surface area contributed by atoms with Gasteiger partial charge in [0, 0.05) is 49.6 Å². The van der Waals surface area contributed by atoms with Crippen LogP contribution in [0.25, 0.3) is 88.4 Å². The molecule has 336 valence electrons. The van der Waals surface area contributed by atoms with Crippen LogP contribution >= 0.6 is 0 Å². The zero-order valence-electron chi connectivity index (χ0n) is 39.8. The van der Waals surface area contributed by atoms with Crippen molar-refractivity contribution < 1.29 is 0 Å². The molecule has 4 heterocycles. The Labute approximate surface area is 419 Å². The summed E-state index contributed by atoms with van der Waals surface area (Å²) in [4.78, 5) is 2.61. The molecule has 0 saturated heterocycles. The van der Waals surface area contributed by atoms with E-state index < -0.39 is 0 Å². The van der Waals surface area contributed by atoms with E-state index in [1.54, 1.807) is 0 Å². The second-order valence-corrected chi connectivity index (χ2v) is 19.7. The van der Waals surface area contributed by atoms with Gasteiger partial charge in [0.2, 0.25) is 6.71 Å². The minimum atomic E-state index is -0.0567. The second-order valence-electron chi connectivity index (χ2n) is 19.7. The van der Waals surface area contributed by atoms with Crippen LogP contribution in [-0.2, 0) is 6.42 Å². The molecule has 0 amide bonds. The summed E-state index contributed by atoms with van der Waals surface area (Å²) in [5.41, 5.74) is 26.0. The number of para-hydroxylation sites is 5. The third-order valence-electron chi connectivity index (χ3n) is 15.6. The number of anilines is 3. The highest BCUT2D eigenvalue weighted by molar-refractivity contribution is 6.99. The van der Waals surface area contributed by atoms with Crippen molar-refractivity contribution in [3.05, 3.63) is 265 Å². The van der Waals surface area contributed by atoms with Crippen LogP contribution in [0, 0.1) is 6.92 Å². The van der Waals surface area contributed by atoms with Gasteiger partial charge in [-0.3, -0.25) is 0 Å². The Balaban J connectivity index is 1.08. The molecule has 3 nitrogen and oxygen atoms in total. The van der Waals surface area contributed by atoms with E-state index in [-0.39, 0.29) is 6.71 Å². The fourth-order valence-corrected chi connectivity index (χ4v) is 12.6. The molecule has 4 heteroatoms. The highest BCUT2D eigenvalue weighted by atomic mass is 15.2. The van der Waals surface area contributed by atoms with Gasteiger partial charge < -0.3 is 14.0 Å². The highest BCUT2D eigenvalue weighted by Crippen LogP contribution is 2.47. The van der Waals surface area contributed by atoms with Crippen LogP contribution < -0.4 is 21.3 Å². The summed E-state index contributed by atoms with van der Waals surface area (Å²) in [6.45, 7) is 2.22. The monoisotopic (exact) mass is 915 g/mol. The minimum Gasteiger partial charge on any atom is -0.311 e. The van der Waals surface area contributed by atoms with E-state index in [0.717, 1.165) is 17.8 Å². The largest absolute Gasteiger partial charge is 0.311 e. The number of benzene rings is 11. The molecule has 0 aliphatic carbocycles. The van der Waals surface area contributed by atoms with Gasteiger partial charge in [0.05, 0.1) is 39.1 Å². The summed E-state index contributed by atoms with van der Waals surface area (Å²) in [6.07, 6.45) is 0.823. The topological polar surface area (TPSA) is 13.1 Å². The van der Waals surface area contributed by atoms with E-state index in [2.05, 4.69) is 270 Å². The summed E-state index contributed by atoms with van der Waals surface area (Å²) in [7, 11) is 0. The lowest BCUT2D eigenvalue weighted by Gasteiger charge is -2.42. The maximum Gasteiger partial charge on any atom is 0.247 e. The van der Waals surface area contributed by atoms with Crippen molar-refractivity contribution in [3.8, 4) is 44.8 Å². The van der Waals surface area contributed by atoms with Gasteiger partial charge in [0.15, 0.2) is 0 Å². The van der Waals surface area contributed by atoms with E-state index in [4.69, 9.17) is 0 Å². The van der Waals surface area contributed by atoms with Crippen LogP contribution in [0.4, 0.5) is 17.1 Å². The molecule has 0 bridgehead atoms. The standard InChI is InChI=1S/C68H46BN3/c1-44-37-49-39-48-40-64(70-60-33-17-12-28-51(60)52-29-13-18-34-61(52)70)55(46-23-7-3-8-24-46)41-57(48)69-58-42-56(47-25-9-4-10-26-47)65(71-62-35-19-14-30-53(62)54-31-15-20-36-63(54)71)43-66(58)72(67(38-44)68(49)69)59-32-16-11-27-50(59)45-21-5-2-6-22-45/h2-38,40-43H,39H2,1H3. The number of aryl methyl sites for hydroxylation is 1. The highest BCUT2D eigenvalue weighted by Gasteiger charge is 2.42. The lowest BCUT2D eigenvalue weighted by Crippen LogP contribution is -2.61. The van der Waals surface area contributed by atoms with Crippen molar-refractivity contribution in [1.82, 2.24) is 9.13 Å². The van der Waals surface area contributed by atoms with Crippen LogP contribution in [0.15, 0.2) is 249 Å². The van der Waals surface area contributed by atoms with Crippen LogP contribution in [0.1, 0.15) is 16.7 Å². The third kappa shape index (κ3) is 6.06. The Morgan fingerprint density at radius 2 is 0.750 bits per heavy atom. The fourth-order valence-electron chi connectivity index (χ4n) is 12.6. The number of aromatic nitrogens is 2. The van der Waals surface area contributed by atoms with Gasteiger partial charge in [-0.25, -0.2) is 0 Å². The van der Waals surface area contributed by atoms with E-state index in [1.807, 2.05) is 0 Å². The molecule has 0 N–H and O–H groups in total. The molecule has 11 aromatic carbocycles. The summed E-state index contributed by atoms with van der Waals surface area (Å²) >= 11 is 0. The van der Waals surface area contributed by atoms with Crippen LogP contribution in [0.2, 0.25) is 0 Å². The van der Waals surface area contributed by atoms with Crippen molar-refractivity contribution >= 4 is 83.8 Å². The first kappa shape index (κ1) is 40.7. The number of hydrogen-bond acceptors (Lipinski definition) is 1. The molecule has 0 unspecified atom stereocenters. The Morgan fingerprint density at radius 3 is 1.28 bits per heavy atom. The average molecular weight is 916 g/mol. The molecule has 72 heavy (non-hydrogen) atoms. The van der Waals surface area contributed by atoms with Crippen molar-refractivity contribution in [2.45, 2.75) is 13.3 Å². The van der Waals surface area contributed by atoms with E-state index in [9.17, 15) is 0 Å². The molecule has 2 aromatic heterocycles. The lowest BCUT2D eigenvalue weighted by atomic mass is 9.31. The predicted octanol–water partition coefficient (Wildman–Crippen LogP) is 15.4. The van der Waals surface area contributed by atoms with Gasteiger partial charge in [-0.1, -0.05) is 206 Å². The SMILES string of the molecule is Cc1cc2c3c(c1)N(c1ccccc1-c1ccccc1)c1cc(-n4c5ccccc5c5ccccc54)c(-c4ccccc4)cc1B3c1cc(-c3ccccc3)c(-n3c4ccccc4c4ccccc43)cc1C2. The maximum atomic E-state index is 2.61. The van der Waals surface area contributed by atoms with Crippen LogP contribution in [0.5, 0.6) is 0 Å². The van der Waals surface area contributed by atoms with Gasteiger partial charge in [0.25, 0.3) is 0 Å². The quantitative estimate of drug-likeness (QED) is 0.152. The summed E-state index contributed by atoms with van der Waals surface area (Å²) < 4.78 is 5.04. The zero-order valence-corrected chi connectivity index (χ0v) is 39.8. The number of hydrogen-bond donors (Lipinski definition) is 0. The summed E-state index contributed by atoms with van der Waals surface area (Å²) in [5, 5.41) is 5.02. The number of rotatable bonds is 6. The third-order valence-corrected chi connectivity index (χ3v) is 15.6. The molecule has 0 fully saturated rings. The van der Waals surface area contributed by atoms with Crippen LogP contribution in [0.3, 0.4) is 0 Å². The van der Waals surface area contributed by atoms with Gasteiger partial charge >= 0.3 is 0 Å². The molecule has 2 aliphatic rings. The van der Waals surface area contributed by atoms with Crippen LogP contribution in [-0.4, -0.2) is 15.8 Å². The van der Waals surface area contributed by atoms with Gasteiger partial charge in [-0.15, -0.1) is 0 Å². The first-order chi connectivity index (χ1) is 35.7. The molecule has 0 spiro atoms. The van der Waals surface area contributed by atoms with Gasteiger partial charge in [0.1, 0.15) is 0 Å². The fraction of sp³-hybridized carbons (Fsp3) is 0.0294. The first-order valence-corrected chi connectivity index (χ1v) is 25.2. The van der Waals surface area contributed by atoms with Crippen molar-refractivity contribution in [2.24, 2.45) is 0 Å². The Hall–Kier alpha value is -9.12. The molecule has 2 aliphatic heterocycles. The Kier molecular flexibility index (Phi) is 9.03. The Morgan fingerprint density at radius 1 is 0.319 bits per heavy atom. The molecule has 0 saturated carbocycles. The molecule has 15 rings (SSSR count). The lowest BCUT2D eigenvalue weighted by molar-refractivity contribution is 1.13. The molecule has 0 radical (unpaired) electrons. The molecule has 0 atom stereocenters. The summed E-state index contributed by atoms with van der Waals surface area (Å²) in [6, 6.07) is 92.8. The number of nitrogens with zero attached hydrogens (tertiary/aromatic N) is 3. The minimum absolute atomic E-state index is 0.0567. The summed E-state index contributed by atoms with van der Waals surface area (Å²) in [5.74, 6) is 0. The van der Waals surface area contributed by atoms with Crippen molar-refractivity contribution in [3.63, 3.8) is 0 Å². The average Bonchev–Trinajstić information content (AvgIpc) is 3.96. The van der Waals surface area contributed by atoms with E-state index >= 15 is 0 Å². The van der Waals surface area contributed by atoms with Gasteiger partial charge in [-0.2, -0.15) is 0 Å². The molecular weight excluding hydrogens is 870 g/mol. The molecular formula is C68H46BN3. The number of fused-ring (bicyclic) bond motifs is 10. The smallest absolute Gasteiger partial charge is 0.247 e. The van der Waals surface area contributed by atoms with Crippen molar-refractivity contribution in [2.75, 3.05) is 4.90 Å². The maximum absolute atomic E-state index is 2.61. The Bertz CT molecular complexity index is 4210. The zero-order chi connectivity index (χ0) is 47.4. The normalized spacial score (nSPS) is 12.7. The molecule has 13 aromatic rings. The second kappa shape index (κ2) is 16.0. The van der Waals surface area contributed by atoms with Crippen molar-refractivity contribution in [1.29, 1.82) is 0 Å².